The fraction of sp³-hybridized carbons (Fsp3) is 0.136. The highest BCUT2D eigenvalue weighted by Crippen LogP contribution is 2.35. The Balaban J connectivity index is 2.17. The van der Waals surface area contributed by atoms with Crippen molar-refractivity contribution in [1.29, 1.82) is 0 Å². The molecule has 3 rings (SSSR count). The largest absolute Gasteiger partial charge is 0.327 e. The van der Waals surface area contributed by atoms with E-state index in [-0.39, 0.29) is 21.2 Å². The van der Waals surface area contributed by atoms with Gasteiger partial charge in [0.2, 0.25) is 9.84 Å². The Bertz CT molecular complexity index is 1170. The smallest absolute Gasteiger partial charge is 0.256 e. The number of allylic oxidation sites excluding steroid dienone is 1. The lowest BCUT2D eigenvalue weighted by atomic mass is 10.2. The zero-order valence-corrected chi connectivity index (χ0v) is 17.0. The van der Waals surface area contributed by atoms with Gasteiger partial charge < -0.3 is 9.88 Å². The average molecular weight is 412 g/mol. The first-order valence-corrected chi connectivity index (χ1v) is 10.4. The van der Waals surface area contributed by atoms with Gasteiger partial charge in [-0.2, -0.15) is 0 Å². The third-order valence-corrected chi connectivity index (χ3v) is 6.68. The molecule has 0 radical (unpaired) electrons. The van der Waals surface area contributed by atoms with E-state index in [4.69, 9.17) is 0 Å². The first kappa shape index (κ1) is 20.5. The second-order valence-corrected chi connectivity index (χ2v) is 8.45. The van der Waals surface area contributed by atoms with E-state index in [2.05, 4.69) is 11.9 Å². The number of hydrogen-bond acceptors (Lipinski definition) is 3. The number of carbonyl (C=O) groups excluding carboxylic acids is 1. The molecule has 3 aromatic rings. The average Bonchev–Trinajstić information content (AvgIpc) is 2.94. The van der Waals surface area contributed by atoms with E-state index < -0.39 is 21.6 Å². The normalized spacial score (nSPS) is 11.3. The number of rotatable bonds is 6. The standard InChI is InChI=1S/C22H21FN2O3S/c1-4-14-25-16(3)15(2)20(29(27,28)19-8-6-5-7-9-19)21(25)24-22(26)17-10-12-18(23)13-11-17/h4-13H,1,14H2,2-3H3,(H,24,26). The topological polar surface area (TPSA) is 68.2 Å². The summed E-state index contributed by atoms with van der Waals surface area (Å²) in [5.74, 6) is -0.828. The predicted molar refractivity (Wildman–Crippen MR) is 110 cm³/mol. The van der Waals surface area contributed by atoms with Gasteiger partial charge >= 0.3 is 0 Å². The van der Waals surface area contributed by atoms with Crippen LogP contribution in [0.25, 0.3) is 0 Å². The molecule has 0 bridgehead atoms. The van der Waals surface area contributed by atoms with Gasteiger partial charge in [0.05, 0.1) is 4.90 Å². The molecule has 150 valence electrons. The van der Waals surface area contributed by atoms with Crippen molar-refractivity contribution in [3.63, 3.8) is 0 Å². The fourth-order valence-corrected chi connectivity index (χ4v) is 4.86. The molecule has 1 heterocycles. The van der Waals surface area contributed by atoms with E-state index in [1.54, 1.807) is 42.7 Å². The van der Waals surface area contributed by atoms with Gasteiger partial charge in [0.1, 0.15) is 16.5 Å². The summed E-state index contributed by atoms with van der Waals surface area (Å²) in [5.41, 5.74) is 1.47. The van der Waals surface area contributed by atoms with Crippen molar-refractivity contribution >= 4 is 21.6 Å². The maximum Gasteiger partial charge on any atom is 0.256 e. The summed E-state index contributed by atoms with van der Waals surface area (Å²) >= 11 is 0. The minimum atomic E-state index is -3.88. The van der Waals surface area contributed by atoms with E-state index in [1.165, 1.54) is 36.4 Å². The number of amides is 1. The summed E-state index contributed by atoms with van der Waals surface area (Å²) in [6.07, 6.45) is 1.62. The Kier molecular flexibility index (Phi) is 5.70. The minimum absolute atomic E-state index is 0.0403. The van der Waals surface area contributed by atoms with Crippen LogP contribution in [0.4, 0.5) is 10.2 Å². The molecule has 0 saturated carbocycles. The molecule has 0 aliphatic heterocycles. The second kappa shape index (κ2) is 8.05. The van der Waals surface area contributed by atoms with Crippen molar-refractivity contribution in [2.75, 3.05) is 5.32 Å². The zero-order chi connectivity index (χ0) is 21.2. The van der Waals surface area contributed by atoms with E-state index in [0.717, 1.165) is 0 Å². The highest BCUT2D eigenvalue weighted by Gasteiger charge is 2.30. The Labute approximate surface area is 169 Å². The monoisotopic (exact) mass is 412 g/mol. The van der Waals surface area contributed by atoms with Gasteiger partial charge in [0.15, 0.2) is 0 Å². The van der Waals surface area contributed by atoms with Crippen LogP contribution < -0.4 is 5.32 Å². The molecule has 29 heavy (non-hydrogen) atoms. The third-order valence-electron chi connectivity index (χ3n) is 4.75. The first-order valence-electron chi connectivity index (χ1n) is 8.95. The van der Waals surface area contributed by atoms with Crippen molar-refractivity contribution in [2.24, 2.45) is 0 Å². The molecule has 0 saturated heterocycles. The lowest BCUT2D eigenvalue weighted by Gasteiger charge is -2.13. The fourth-order valence-electron chi connectivity index (χ4n) is 3.14. The number of nitrogens with one attached hydrogen (secondary N) is 1. The molecule has 1 N–H and O–H groups in total. The van der Waals surface area contributed by atoms with Crippen LogP contribution in [0, 0.1) is 19.7 Å². The van der Waals surface area contributed by atoms with Gasteiger partial charge in [-0.1, -0.05) is 24.3 Å². The van der Waals surface area contributed by atoms with Crippen molar-refractivity contribution in [3.05, 3.63) is 89.9 Å². The van der Waals surface area contributed by atoms with Gasteiger partial charge in [0, 0.05) is 17.8 Å². The van der Waals surface area contributed by atoms with Crippen LogP contribution in [0.3, 0.4) is 0 Å². The van der Waals surface area contributed by atoms with E-state index >= 15 is 0 Å². The Morgan fingerprint density at radius 2 is 1.72 bits per heavy atom. The first-order chi connectivity index (χ1) is 13.8. The molecule has 0 spiro atoms. The van der Waals surface area contributed by atoms with Crippen LogP contribution in [0.1, 0.15) is 21.6 Å². The van der Waals surface area contributed by atoms with Crippen LogP contribution in [-0.4, -0.2) is 18.9 Å². The Morgan fingerprint density at radius 1 is 1.10 bits per heavy atom. The molecule has 0 fully saturated rings. The number of anilines is 1. The summed E-state index contributed by atoms with van der Waals surface area (Å²) in [5, 5.41) is 2.71. The number of aromatic nitrogens is 1. The lowest BCUT2D eigenvalue weighted by Crippen LogP contribution is -2.18. The van der Waals surface area contributed by atoms with Crippen LogP contribution in [0.2, 0.25) is 0 Å². The number of sulfone groups is 1. The van der Waals surface area contributed by atoms with Gasteiger partial charge in [-0.3, -0.25) is 4.79 Å². The molecular formula is C22H21FN2O3S. The van der Waals surface area contributed by atoms with Gasteiger partial charge in [-0.25, -0.2) is 12.8 Å². The van der Waals surface area contributed by atoms with Crippen LogP contribution >= 0.6 is 0 Å². The van der Waals surface area contributed by atoms with Crippen molar-refractivity contribution in [2.45, 2.75) is 30.2 Å². The Morgan fingerprint density at radius 3 is 2.31 bits per heavy atom. The summed E-state index contributed by atoms with van der Waals surface area (Å²) in [7, 11) is -3.88. The van der Waals surface area contributed by atoms with E-state index in [9.17, 15) is 17.6 Å². The molecule has 5 nitrogen and oxygen atoms in total. The SMILES string of the molecule is C=CCn1c(C)c(C)c(S(=O)(=O)c2ccccc2)c1NC(=O)c1ccc(F)cc1. The molecule has 7 heteroatoms. The minimum Gasteiger partial charge on any atom is -0.327 e. The van der Waals surface area contributed by atoms with E-state index in [1.807, 2.05) is 0 Å². The van der Waals surface area contributed by atoms with Gasteiger partial charge in [-0.05, 0) is 55.8 Å². The number of benzene rings is 2. The van der Waals surface area contributed by atoms with Gasteiger partial charge in [-0.15, -0.1) is 6.58 Å². The summed E-state index contributed by atoms with van der Waals surface area (Å²) in [6, 6.07) is 13.1. The number of hydrogen-bond donors (Lipinski definition) is 1. The van der Waals surface area contributed by atoms with Gasteiger partial charge in [0.25, 0.3) is 5.91 Å². The molecule has 1 aromatic heterocycles. The quantitative estimate of drug-likeness (QED) is 0.606. The number of halogens is 1. The molecule has 0 atom stereocenters. The molecule has 0 aliphatic rings. The maximum absolute atomic E-state index is 13.4. The third kappa shape index (κ3) is 3.86. The molecular weight excluding hydrogens is 391 g/mol. The van der Waals surface area contributed by atoms with Crippen molar-refractivity contribution in [1.82, 2.24) is 4.57 Å². The maximum atomic E-state index is 13.4. The van der Waals surface area contributed by atoms with Crippen LogP contribution in [0.5, 0.6) is 0 Å². The van der Waals surface area contributed by atoms with Crippen LogP contribution in [0.15, 0.2) is 77.0 Å². The molecule has 2 aromatic carbocycles. The summed E-state index contributed by atoms with van der Waals surface area (Å²) < 4.78 is 41.6. The van der Waals surface area contributed by atoms with Crippen LogP contribution in [-0.2, 0) is 16.4 Å². The second-order valence-electron chi connectivity index (χ2n) is 6.56. The zero-order valence-electron chi connectivity index (χ0n) is 16.1. The number of carbonyl (C=O) groups is 1. The summed E-state index contributed by atoms with van der Waals surface area (Å²) in [4.78, 5) is 12.9. The van der Waals surface area contributed by atoms with Crippen molar-refractivity contribution < 1.29 is 17.6 Å². The van der Waals surface area contributed by atoms with Crippen molar-refractivity contribution in [3.8, 4) is 0 Å². The number of nitrogens with zero attached hydrogens (tertiary/aromatic N) is 1. The van der Waals surface area contributed by atoms with E-state index in [0.29, 0.717) is 17.8 Å². The highest BCUT2D eigenvalue weighted by atomic mass is 32.2. The predicted octanol–water partition coefficient (Wildman–Crippen LogP) is 4.52. The Hall–Kier alpha value is -3.19. The molecule has 0 unspecified atom stereocenters. The summed E-state index contributed by atoms with van der Waals surface area (Å²) in [6.45, 7) is 7.53. The lowest BCUT2D eigenvalue weighted by molar-refractivity contribution is 0.102. The highest BCUT2D eigenvalue weighted by molar-refractivity contribution is 7.91. The molecule has 0 aliphatic carbocycles. The molecule has 1 amide bonds.